The maximum absolute atomic E-state index is 14.5. The van der Waals surface area contributed by atoms with Crippen molar-refractivity contribution in [3.8, 4) is 0 Å². The molecule has 0 saturated heterocycles. The molecule has 1 saturated carbocycles. The summed E-state index contributed by atoms with van der Waals surface area (Å²) in [6.45, 7) is -0.458. The minimum atomic E-state index is -4.23. The average Bonchev–Trinajstić information content (AvgIpc) is 3.57. The fourth-order valence-electron chi connectivity index (χ4n) is 5.59. The van der Waals surface area contributed by atoms with E-state index in [4.69, 9.17) is 23.2 Å². The highest BCUT2D eigenvalue weighted by atomic mass is 35.5. The molecule has 0 aromatic heterocycles. The van der Waals surface area contributed by atoms with E-state index >= 15 is 0 Å². The lowest BCUT2D eigenvalue weighted by Crippen LogP contribution is -2.54. The summed E-state index contributed by atoms with van der Waals surface area (Å²) in [7, 11) is -4.23. The van der Waals surface area contributed by atoms with E-state index in [9.17, 15) is 18.0 Å². The Labute approximate surface area is 274 Å². The first kappa shape index (κ1) is 32.5. The lowest BCUT2D eigenvalue weighted by molar-refractivity contribution is -0.140. The molecule has 1 unspecified atom stereocenters. The number of carbonyl (C=O) groups is 2. The van der Waals surface area contributed by atoms with Crippen LogP contribution in [-0.2, 0) is 32.6 Å². The zero-order valence-corrected chi connectivity index (χ0v) is 27.0. The van der Waals surface area contributed by atoms with Crippen molar-refractivity contribution in [1.29, 1.82) is 0 Å². The van der Waals surface area contributed by atoms with Gasteiger partial charge in [0.05, 0.1) is 20.6 Å². The number of hydrogen-bond donors (Lipinski definition) is 1. The first-order valence-electron chi connectivity index (χ1n) is 14.9. The van der Waals surface area contributed by atoms with E-state index in [-0.39, 0.29) is 45.5 Å². The third kappa shape index (κ3) is 8.25. The van der Waals surface area contributed by atoms with Gasteiger partial charge in [0.15, 0.2) is 0 Å². The van der Waals surface area contributed by atoms with Crippen molar-refractivity contribution >= 4 is 50.7 Å². The van der Waals surface area contributed by atoms with Crippen LogP contribution in [0.3, 0.4) is 0 Å². The molecule has 4 aromatic rings. The summed E-state index contributed by atoms with van der Waals surface area (Å²) in [5, 5.41) is 3.58. The maximum Gasteiger partial charge on any atom is 0.264 e. The molecule has 45 heavy (non-hydrogen) atoms. The average molecular weight is 665 g/mol. The van der Waals surface area contributed by atoms with Gasteiger partial charge in [-0.3, -0.25) is 13.9 Å². The van der Waals surface area contributed by atoms with Gasteiger partial charge in [-0.2, -0.15) is 0 Å². The molecule has 10 heteroatoms. The molecule has 0 heterocycles. The number of anilines is 1. The van der Waals surface area contributed by atoms with Gasteiger partial charge >= 0.3 is 0 Å². The van der Waals surface area contributed by atoms with Crippen LogP contribution in [0.5, 0.6) is 0 Å². The fourth-order valence-corrected chi connectivity index (χ4v) is 7.31. The second kappa shape index (κ2) is 15.0. The largest absolute Gasteiger partial charge is 0.352 e. The number of nitrogens with zero attached hydrogens (tertiary/aromatic N) is 2. The predicted octanol–water partition coefficient (Wildman–Crippen LogP) is 6.89. The summed E-state index contributed by atoms with van der Waals surface area (Å²) >= 11 is 12.5. The highest BCUT2D eigenvalue weighted by Crippen LogP contribution is 2.31. The number of amides is 2. The van der Waals surface area contributed by atoms with Crippen molar-refractivity contribution in [3.05, 3.63) is 130 Å². The Balaban J connectivity index is 1.56. The Bertz CT molecular complexity index is 1700. The standard InChI is InChI=1S/C35H35Cl2N3O4S/c36-31-21-20-29(23-32(31)37)40(45(43,44)30-18-8-3-9-19-30)25-34(41)39(24-27-14-6-2-7-15-27)33(22-26-12-4-1-5-13-26)35(42)38-28-16-10-11-17-28/h1-9,12-15,18-21,23,28,33H,10-11,16-17,22,24-25H2,(H,38,42). The maximum atomic E-state index is 14.5. The van der Waals surface area contributed by atoms with Crippen LogP contribution in [0.25, 0.3) is 0 Å². The Morgan fingerprint density at radius 2 is 1.36 bits per heavy atom. The molecule has 0 spiro atoms. The first-order chi connectivity index (χ1) is 21.7. The Hall–Kier alpha value is -3.85. The van der Waals surface area contributed by atoms with Crippen LogP contribution in [0.4, 0.5) is 5.69 Å². The molecule has 1 aliphatic rings. The van der Waals surface area contributed by atoms with Gasteiger partial charge in [0.25, 0.3) is 10.0 Å². The van der Waals surface area contributed by atoms with Crippen LogP contribution in [0.15, 0.2) is 114 Å². The van der Waals surface area contributed by atoms with Crippen molar-refractivity contribution in [2.24, 2.45) is 0 Å². The third-order valence-corrected chi connectivity index (χ3v) is 10.5. The molecule has 1 atom stereocenters. The number of halogens is 2. The lowest BCUT2D eigenvalue weighted by atomic mass is 10.0. The van der Waals surface area contributed by atoms with E-state index in [1.54, 1.807) is 18.2 Å². The smallest absolute Gasteiger partial charge is 0.264 e. The second-order valence-corrected chi connectivity index (χ2v) is 13.8. The number of benzene rings is 4. The minimum absolute atomic E-state index is 0.0123. The van der Waals surface area contributed by atoms with Crippen LogP contribution < -0.4 is 9.62 Å². The molecule has 2 amide bonds. The van der Waals surface area contributed by atoms with Crippen LogP contribution in [0, 0.1) is 0 Å². The molecule has 4 aromatic carbocycles. The van der Waals surface area contributed by atoms with Crippen LogP contribution in [-0.4, -0.2) is 43.8 Å². The Kier molecular flexibility index (Phi) is 10.8. The van der Waals surface area contributed by atoms with E-state index in [1.165, 1.54) is 35.2 Å². The summed E-state index contributed by atoms with van der Waals surface area (Å²) in [5.74, 6) is -0.797. The van der Waals surface area contributed by atoms with Gasteiger partial charge < -0.3 is 10.2 Å². The molecular weight excluding hydrogens is 629 g/mol. The van der Waals surface area contributed by atoms with E-state index in [2.05, 4.69) is 5.32 Å². The molecule has 1 N–H and O–H groups in total. The van der Waals surface area contributed by atoms with Crippen molar-refractivity contribution in [2.75, 3.05) is 10.8 Å². The first-order valence-corrected chi connectivity index (χ1v) is 17.1. The molecule has 1 fully saturated rings. The van der Waals surface area contributed by atoms with Crippen LogP contribution >= 0.6 is 23.2 Å². The zero-order chi connectivity index (χ0) is 31.8. The summed E-state index contributed by atoms with van der Waals surface area (Å²) in [6.07, 6.45) is 4.11. The highest BCUT2D eigenvalue weighted by molar-refractivity contribution is 7.92. The number of nitrogens with one attached hydrogen (secondary N) is 1. The van der Waals surface area contributed by atoms with E-state index < -0.39 is 28.5 Å². The topological polar surface area (TPSA) is 86.8 Å². The fraction of sp³-hybridized carbons (Fsp3) is 0.257. The minimum Gasteiger partial charge on any atom is -0.352 e. The monoisotopic (exact) mass is 663 g/mol. The number of carbonyl (C=O) groups excluding carboxylic acids is 2. The molecule has 0 bridgehead atoms. The van der Waals surface area contributed by atoms with Crippen molar-refractivity contribution in [3.63, 3.8) is 0 Å². The predicted molar refractivity (Wildman–Crippen MR) is 179 cm³/mol. The van der Waals surface area contributed by atoms with Crippen LogP contribution in [0.1, 0.15) is 36.8 Å². The highest BCUT2D eigenvalue weighted by Gasteiger charge is 2.35. The summed E-state index contributed by atoms with van der Waals surface area (Å²) < 4.78 is 29.2. The van der Waals surface area contributed by atoms with Gasteiger partial charge in [0.2, 0.25) is 11.8 Å². The summed E-state index contributed by atoms with van der Waals surface area (Å²) in [6, 6.07) is 30.4. The van der Waals surface area contributed by atoms with E-state index in [1.807, 2.05) is 60.7 Å². The molecular formula is C35H35Cl2N3O4S. The van der Waals surface area contributed by atoms with Crippen LogP contribution in [0.2, 0.25) is 10.0 Å². The molecule has 5 rings (SSSR count). The quantitative estimate of drug-likeness (QED) is 0.179. The van der Waals surface area contributed by atoms with Crippen molar-refractivity contribution in [1.82, 2.24) is 10.2 Å². The van der Waals surface area contributed by atoms with Gasteiger partial charge in [0.1, 0.15) is 12.6 Å². The lowest BCUT2D eigenvalue weighted by Gasteiger charge is -2.34. The molecule has 0 aliphatic heterocycles. The second-order valence-electron chi connectivity index (χ2n) is 11.1. The Morgan fingerprint density at radius 3 is 1.96 bits per heavy atom. The molecule has 1 aliphatic carbocycles. The zero-order valence-electron chi connectivity index (χ0n) is 24.7. The van der Waals surface area contributed by atoms with E-state index in [0.29, 0.717) is 0 Å². The normalized spacial score (nSPS) is 14.1. The van der Waals surface area contributed by atoms with Gasteiger partial charge in [-0.15, -0.1) is 0 Å². The molecule has 234 valence electrons. The summed E-state index contributed by atoms with van der Waals surface area (Å²) in [4.78, 5) is 30.1. The van der Waals surface area contributed by atoms with Crippen molar-refractivity contribution < 1.29 is 18.0 Å². The number of hydrogen-bond acceptors (Lipinski definition) is 4. The van der Waals surface area contributed by atoms with Gasteiger partial charge in [-0.05, 0) is 54.3 Å². The van der Waals surface area contributed by atoms with Crippen molar-refractivity contribution in [2.45, 2.75) is 55.6 Å². The van der Waals surface area contributed by atoms with Gasteiger partial charge in [0, 0.05) is 19.0 Å². The van der Waals surface area contributed by atoms with Gasteiger partial charge in [-0.25, -0.2) is 8.42 Å². The summed E-state index contributed by atoms with van der Waals surface area (Å²) in [5.41, 5.74) is 1.87. The van der Waals surface area contributed by atoms with E-state index in [0.717, 1.165) is 41.1 Å². The molecule has 7 nitrogen and oxygen atoms in total. The number of sulfonamides is 1. The SMILES string of the molecule is O=C(NC1CCCC1)C(Cc1ccccc1)N(Cc1ccccc1)C(=O)CN(c1ccc(Cl)c(Cl)c1)S(=O)(=O)c1ccccc1. The van der Waals surface area contributed by atoms with Gasteiger partial charge in [-0.1, -0.05) is 115 Å². The number of rotatable bonds is 12. The Morgan fingerprint density at radius 1 is 0.778 bits per heavy atom. The molecule has 0 radical (unpaired) electrons. The third-order valence-electron chi connectivity index (χ3n) is 7.97.